The van der Waals surface area contributed by atoms with Crippen molar-refractivity contribution >= 4 is 15.9 Å². The first-order chi connectivity index (χ1) is 8.69. The van der Waals surface area contributed by atoms with E-state index in [1.54, 1.807) is 0 Å². The maximum atomic E-state index is 5.70. The fourth-order valence-electron chi connectivity index (χ4n) is 1.47. The lowest BCUT2D eigenvalue weighted by Crippen LogP contribution is -2.07. The normalized spacial score (nSPS) is 10.4. The summed E-state index contributed by atoms with van der Waals surface area (Å²) in [6.45, 7) is 2.69. The fourth-order valence-corrected chi connectivity index (χ4v) is 1.81. The molecule has 0 radical (unpaired) electrons. The van der Waals surface area contributed by atoms with Crippen LogP contribution in [-0.4, -0.2) is 17.2 Å². The molecule has 0 amide bonds. The molecular formula is C13H14BrN3O. The summed E-state index contributed by atoms with van der Waals surface area (Å²) in [7, 11) is 1.87. The van der Waals surface area contributed by atoms with Crippen LogP contribution in [0.25, 0.3) is 0 Å². The lowest BCUT2D eigenvalue weighted by Gasteiger charge is -2.08. The van der Waals surface area contributed by atoms with Gasteiger partial charge in [0.1, 0.15) is 5.75 Å². The number of benzene rings is 1. The van der Waals surface area contributed by atoms with Crippen molar-refractivity contribution in [2.45, 2.75) is 13.5 Å². The topological polar surface area (TPSA) is 47.0 Å². The molecule has 94 valence electrons. The molecular weight excluding hydrogens is 294 g/mol. The molecule has 1 heterocycles. The Morgan fingerprint density at radius 3 is 2.72 bits per heavy atom. The molecule has 0 atom stereocenters. The van der Waals surface area contributed by atoms with Gasteiger partial charge in [0.2, 0.25) is 5.88 Å². The molecule has 0 aliphatic carbocycles. The van der Waals surface area contributed by atoms with Crippen molar-refractivity contribution in [3.8, 4) is 11.6 Å². The summed E-state index contributed by atoms with van der Waals surface area (Å²) < 4.78 is 6.67. The largest absolute Gasteiger partial charge is 0.437 e. The molecule has 0 fully saturated rings. The Morgan fingerprint density at radius 1 is 1.22 bits per heavy atom. The second-order valence-electron chi connectivity index (χ2n) is 3.91. The standard InChI is InChI=1S/C13H14BrN3O/c1-9-3-4-10(14)7-12(9)18-13-6-5-11(8-15-2)16-17-13/h3-7,15H,8H2,1-2H3. The Labute approximate surface area is 115 Å². The molecule has 1 aromatic heterocycles. The summed E-state index contributed by atoms with van der Waals surface area (Å²) in [6, 6.07) is 9.59. The van der Waals surface area contributed by atoms with Gasteiger partial charge in [-0.2, -0.15) is 5.10 Å². The molecule has 0 aliphatic rings. The van der Waals surface area contributed by atoms with E-state index in [0.717, 1.165) is 21.5 Å². The van der Waals surface area contributed by atoms with E-state index in [0.29, 0.717) is 12.4 Å². The van der Waals surface area contributed by atoms with Crippen LogP contribution in [0.15, 0.2) is 34.8 Å². The van der Waals surface area contributed by atoms with Crippen molar-refractivity contribution < 1.29 is 4.74 Å². The Bertz CT molecular complexity index is 528. The highest BCUT2D eigenvalue weighted by Crippen LogP contribution is 2.26. The van der Waals surface area contributed by atoms with Gasteiger partial charge in [-0.15, -0.1) is 5.10 Å². The number of halogens is 1. The van der Waals surface area contributed by atoms with E-state index in [2.05, 4.69) is 31.4 Å². The number of aromatic nitrogens is 2. The van der Waals surface area contributed by atoms with Gasteiger partial charge in [0.05, 0.1) is 5.69 Å². The van der Waals surface area contributed by atoms with Gasteiger partial charge in [-0.3, -0.25) is 0 Å². The Hall–Kier alpha value is -1.46. The number of rotatable bonds is 4. The molecule has 18 heavy (non-hydrogen) atoms. The first-order valence-electron chi connectivity index (χ1n) is 5.60. The monoisotopic (exact) mass is 307 g/mol. The average Bonchev–Trinajstić information content (AvgIpc) is 2.37. The predicted molar refractivity (Wildman–Crippen MR) is 73.7 cm³/mol. The van der Waals surface area contributed by atoms with E-state index >= 15 is 0 Å². The second-order valence-corrected chi connectivity index (χ2v) is 4.82. The van der Waals surface area contributed by atoms with Crippen LogP contribution in [0.3, 0.4) is 0 Å². The van der Waals surface area contributed by atoms with Crippen molar-refractivity contribution in [1.29, 1.82) is 0 Å². The van der Waals surface area contributed by atoms with E-state index in [9.17, 15) is 0 Å². The first-order valence-corrected chi connectivity index (χ1v) is 6.39. The van der Waals surface area contributed by atoms with Gasteiger partial charge in [0.15, 0.2) is 0 Å². The lowest BCUT2D eigenvalue weighted by atomic mass is 10.2. The smallest absolute Gasteiger partial charge is 0.238 e. The van der Waals surface area contributed by atoms with Crippen molar-refractivity contribution in [3.63, 3.8) is 0 Å². The van der Waals surface area contributed by atoms with Gasteiger partial charge < -0.3 is 10.1 Å². The van der Waals surface area contributed by atoms with Crippen LogP contribution in [0.1, 0.15) is 11.3 Å². The van der Waals surface area contributed by atoms with Crippen molar-refractivity contribution in [1.82, 2.24) is 15.5 Å². The molecule has 0 saturated heterocycles. The zero-order valence-corrected chi connectivity index (χ0v) is 11.9. The molecule has 0 aliphatic heterocycles. The van der Waals surface area contributed by atoms with Crippen molar-refractivity contribution in [2.75, 3.05) is 7.05 Å². The minimum absolute atomic E-state index is 0.496. The third-order valence-electron chi connectivity index (χ3n) is 2.42. The number of ether oxygens (including phenoxy) is 1. The van der Waals surface area contributed by atoms with E-state index in [1.165, 1.54) is 0 Å². The Morgan fingerprint density at radius 2 is 2.06 bits per heavy atom. The fraction of sp³-hybridized carbons (Fsp3) is 0.231. The van der Waals surface area contributed by atoms with Crippen LogP contribution in [0.5, 0.6) is 11.6 Å². The van der Waals surface area contributed by atoms with Crippen molar-refractivity contribution in [2.24, 2.45) is 0 Å². The highest BCUT2D eigenvalue weighted by Gasteiger charge is 2.04. The Kier molecular flexibility index (Phi) is 4.28. The van der Waals surface area contributed by atoms with Gasteiger partial charge in [0.25, 0.3) is 0 Å². The van der Waals surface area contributed by atoms with Gasteiger partial charge in [-0.25, -0.2) is 0 Å². The average molecular weight is 308 g/mol. The number of nitrogens with one attached hydrogen (secondary N) is 1. The first kappa shape index (κ1) is 13.0. The van der Waals surface area contributed by atoms with Gasteiger partial charge in [-0.1, -0.05) is 22.0 Å². The number of hydrogen-bond donors (Lipinski definition) is 1. The molecule has 1 aromatic carbocycles. The summed E-state index contributed by atoms with van der Waals surface area (Å²) in [6.07, 6.45) is 0. The summed E-state index contributed by atoms with van der Waals surface area (Å²) in [4.78, 5) is 0. The molecule has 0 unspecified atom stereocenters. The summed E-state index contributed by atoms with van der Waals surface area (Å²) in [5.41, 5.74) is 1.94. The highest BCUT2D eigenvalue weighted by molar-refractivity contribution is 9.10. The molecule has 5 heteroatoms. The van der Waals surface area contributed by atoms with Gasteiger partial charge >= 0.3 is 0 Å². The molecule has 0 saturated carbocycles. The maximum Gasteiger partial charge on any atom is 0.238 e. The maximum absolute atomic E-state index is 5.70. The molecule has 1 N–H and O–H groups in total. The highest BCUT2D eigenvalue weighted by atomic mass is 79.9. The molecule has 2 aromatic rings. The lowest BCUT2D eigenvalue weighted by molar-refractivity contribution is 0.450. The van der Waals surface area contributed by atoms with E-state index in [4.69, 9.17) is 4.74 Å². The van der Waals surface area contributed by atoms with E-state index in [1.807, 2.05) is 44.3 Å². The third kappa shape index (κ3) is 3.27. The van der Waals surface area contributed by atoms with Crippen LogP contribution >= 0.6 is 15.9 Å². The minimum atomic E-state index is 0.496. The van der Waals surface area contributed by atoms with E-state index in [-0.39, 0.29) is 0 Å². The van der Waals surface area contributed by atoms with Crippen LogP contribution in [0.4, 0.5) is 0 Å². The molecule has 2 rings (SSSR count). The predicted octanol–water partition coefficient (Wildman–Crippen LogP) is 3.06. The summed E-state index contributed by atoms with van der Waals surface area (Å²) >= 11 is 3.42. The quantitative estimate of drug-likeness (QED) is 0.943. The zero-order valence-electron chi connectivity index (χ0n) is 10.3. The summed E-state index contributed by atoms with van der Waals surface area (Å²) in [5, 5.41) is 11.1. The molecule has 0 spiro atoms. The van der Waals surface area contributed by atoms with E-state index < -0.39 is 0 Å². The third-order valence-corrected chi connectivity index (χ3v) is 2.91. The minimum Gasteiger partial charge on any atom is -0.437 e. The molecule has 0 bridgehead atoms. The zero-order chi connectivity index (χ0) is 13.0. The molecule has 4 nitrogen and oxygen atoms in total. The van der Waals surface area contributed by atoms with Crippen LogP contribution < -0.4 is 10.1 Å². The van der Waals surface area contributed by atoms with Crippen molar-refractivity contribution in [3.05, 3.63) is 46.1 Å². The number of nitrogens with zero attached hydrogens (tertiary/aromatic N) is 2. The van der Waals surface area contributed by atoms with Crippen LogP contribution in [0, 0.1) is 6.92 Å². The van der Waals surface area contributed by atoms with Crippen LogP contribution in [-0.2, 0) is 6.54 Å². The number of aryl methyl sites for hydroxylation is 1. The second kappa shape index (κ2) is 5.93. The van der Waals surface area contributed by atoms with Gasteiger partial charge in [-0.05, 0) is 37.7 Å². The van der Waals surface area contributed by atoms with Crippen LogP contribution in [0.2, 0.25) is 0 Å². The van der Waals surface area contributed by atoms with Gasteiger partial charge in [0, 0.05) is 17.1 Å². The number of hydrogen-bond acceptors (Lipinski definition) is 4. The SMILES string of the molecule is CNCc1ccc(Oc2cc(Br)ccc2C)nn1. The summed E-state index contributed by atoms with van der Waals surface area (Å²) in [5.74, 6) is 1.27. The Balaban J connectivity index is 2.15.